The molecule has 1 N–H and O–H groups in total. The van der Waals surface area contributed by atoms with Crippen LogP contribution < -0.4 is 0 Å². The van der Waals surface area contributed by atoms with Crippen LogP contribution in [0.5, 0.6) is 0 Å². The molecule has 0 aromatic rings. The highest BCUT2D eigenvalue weighted by Crippen LogP contribution is 2.14. The number of rotatable bonds is 3. The molecular formula is C10H22N2O. The number of β-amino-alcohol motifs (C(OH)–C–C–N with tert-alkyl or cyclic N) is 1. The number of aliphatic hydroxyl groups is 1. The minimum atomic E-state index is 0.282. The second-order valence-electron chi connectivity index (χ2n) is 4.07. The average Bonchev–Trinajstić information content (AvgIpc) is 2.10. The van der Waals surface area contributed by atoms with E-state index in [1.54, 1.807) is 0 Å². The van der Waals surface area contributed by atoms with Crippen molar-refractivity contribution in [3.05, 3.63) is 0 Å². The third-order valence-electron chi connectivity index (χ3n) is 3.10. The van der Waals surface area contributed by atoms with Gasteiger partial charge in [-0.2, -0.15) is 0 Å². The van der Waals surface area contributed by atoms with Crippen molar-refractivity contribution in [2.24, 2.45) is 0 Å². The summed E-state index contributed by atoms with van der Waals surface area (Å²) in [5, 5.41) is 8.91. The number of piperazine rings is 1. The molecule has 0 aromatic heterocycles. The van der Waals surface area contributed by atoms with Crippen molar-refractivity contribution >= 4 is 0 Å². The van der Waals surface area contributed by atoms with Crippen LogP contribution in [0.2, 0.25) is 0 Å². The van der Waals surface area contributed by atoms with Gasteiger partial charge in [-0.25, -0.2) is 0 Å². The van der Waals surface area contributed by atoms with E-state index in [1.165, 1.54) is 6.42 Å². The van der Waals surface area contributed by atoms with E-state index in [2.05, 4.69) is 30.7 Å². The zero-order valence-electron chi connectivity index (χ0n) is 9.03. The van der Waals surface area contributed by atoms with E-state index in [4.69, 9.17) is 5.11 Å². The fraction of sp³-hybridized carbons (Fsp3) is 1.00. The summed E-state index contributed by atoms with van der Waals surface area (Å²) in [6, 6.07) is 1.25. The van der Waals surface area contributed by atoms with Gasteiger partial charge in [0.2, 0.25) is 0 Å². The molecule has 0 spiro atoms. The van der Waals surface area contributed by atoms with Gasteiger partial charge in [0.05, 0.1) is 6.61 Å². The highest BCUT2D eigenvalue weighted by Gasteiger charge is 2.27. The predicted molar refractivity (Wildman–Crippen MR) is 54.8 cm³/mol. The SMILES string of the molecule is CCC1CN(CCO)C(C)CN1C. The lowest BCUT2D eigenvalue weighted by molar-refractivity contribution is 0.0395. The zero-order valence-corrected chi connectivity index (χ0v) is 9.03. The average molecular weight is 186 g/mol. The van der Waals surface area contributed by atoms with Gasteiger partial charge >= 0.3 is 0 Å². The lowest BCUT2D eigenvalue weighted by Crippen LogP contribution is -2.56. The third kappa shape index (κ3) is 2.66. The van der Waals surface area contributed by atoms with E-state index >= 15 is 0 Å². The van der Waals surface area contributed by atoms with Crippen LogP contribution in [0, 0.1) is 0 Å². The van der Waals surface area contributed by atoms with Crippen molar-refractivity contribution in [3.8, 4) is 0 Å². The van der Waals surface area contributed by atoms with Crippen LogP contribution in [0.1, 0.15) is 20.3 Å². The Bertz CT molecular complexity index is 152. The van der Waals surface area contributed by atoms with E-state index < -0.39 is 0 Å². The lowest BCUT2D eigenvalue weighted by Gasteiger charge is -2.43. The van der Waals surface area contributed by atoms with Crippen LogP contribution in [-0.2, 0) is 0 Å². The first-order chi connectivity index (χ1) is 6.19. The monoisotopic (exact) mass is 186 g/mol. The molecule has 0 amide bonds. The smallest absolute Gasteiger partial charge is 0.0558 e. The summed E-state index contributed by atoms with van der Waals surface area (Å²) in [5.74, 6) is 0. The standard InChI is InChI=1S/C10H22N2O/c1-4-10-8-12(5-6-13)9(2)7-11(10)3/h9-10,13H,4-8H2,1-3H3. The molecule has 0 radical (unpaired) electrons. The summed E-state index contributed by atoms with van der Waals surface area (Å²) in [5.41, 5.74) is 0. The maximum atomic E-state index is 8.91. The molecule has 2 atom stereocenters. The molecule has 0 bridgehead atoms. The van der Waals surface area contributed by atoms with E-state index in [0.29, 0.717) is 12.1 Å². The van der Waals surface area contributed by atoms with Crippen molar-refractivity contribution < 1.29 is 5.11 Å². The van der Waals surface area contributed by atoms with Crippen LogP contribution in [0.4, 0.5) is 0 Å². The van der Waals surface area contributed by atoms with Gasteiger partial charge in [-0.15, -0.1) is 0 Å². The Balaban J connectivity index is 2.48. The molecule has 1 aliphatic heterocycles. The van der Waals surface area contributed by atoms with Crippen molar-refractivity contribution in [2.45, 2.75) is 32.4 Å². The van der Waals surface area contributed by atoms with Crippen LogP contribution in [-0.4, -0.2) is 60.3 Å². The molecule has 13 heavy (non-hydrogen) atoms. The third-order valence-corrected chi connectivity index (χ3v) is 3.10. The highest BCUT2D eigenvalue weighted by atomic mass is 16.3. The summed E-state index contributed by atoms with van der Waals surface area (Å²) in [4.78, 5) is 4.81. The Morgan fingerprint density at radius 2 is 2.08 bits per heavy atom. The van der Waals surface area contributed by atoms with Crippen LogP contribution in [0.25, 0.3) is 0 Å². The minimum absolute atomic E-state index is 0.282. The maximum absolute atomic E-state index is 8.91. The molecule has 0 aromatic carbocycles. The minimum Gasteiger partial charge on any atom is -0.395 e. The molecule has 3 nitrogen and oxygen atoms in total. The second-order valence-corrected chi connectivity index (χ2v) is 4.07. The van der Waals surface area contributed by atoms with Gasteiger partial charge in [0.1, 0.15) is 0 Å². The van der Waals surface area contributed by atoms with Crippen molar-refractivity contribution in [3.63, 3.8) is 0 Å². The first kappa shape index (κ1) is 11.0. The summed E-state index contributed by atoms with van der Waals surface area (Å²) < 4.78 is 0. The second kappa shape index (κ2) is 4.94. The highest BCUT2D eigenvalue weighted by molar-refractivity contribution is 4.84. The van der Waals surface area contributed by atoms with Gasteiger partial charge in [0.25, 0.3) is 0 Å². The van der Waals surface area contributed by atoms with Gasteiger partial charge in [0.15, 0.2) is 0 Å². The number of likely N-dealkylation sites (N-methyl/N-ethyl adjacent to an activating group) is 1. The van der Waals surface area contributed by atoms with Crippen LogP contribution >= 0.6 is 0 Å². The van der Waals surface area contributed by atoms with Gasteiger partial charge in [-0.1, -0.05) is 6.92 Å². The number of hydrogen-bond acceptors (Lipinski definition) is 3. The molecular weight excluding hydrogens is 164 g/mol. The van der Waals surface area contributed by atoms with Crippen molar-refractivity contribution in [1.29, 1.82) is 0 Å². The van der Waals surface area contributed by atoms with Gasteiger partial charge in [-0.05, 0) is 20.4 Å². The zero-order chi connectivity index (χ0) is 9.84. The van der Waals surface area contributed by atoms with E-state index in [0.717, 1.165) is 19.6 Å². The first-order valence-corrected chi connectivity index (χ1v) is 5.24. The molecule has 78 valence electrons. The Kier molecular flexibility index (Phi) is 4.16. The quantitative estimate of drug-likeness (QED) is 0.691. The topological polar surface area (TPSA) is 26.7 Å². The molecule has 2 unspecified atom stereocenters. The predicted octanol–water partition coefficient (Wildman–Crippen LogP) is 0.393. The fourth-order valence-corrected chi connectivity index (χ4v) is 2.15. The summed E-state index contributed by atoms with van der Waals surface area (Å²) in [6.45, 7) is 7.80. The molecule has 3 heteroatoms. The van der Waals surface area contributed by atoms with E-state index in [-0.39, 0.29) is 6.61 Å². The summed E-state index contributed by atoms with van der Waals surface area (Å²) in [6.07, 6.45) is 1.20. The Labute approximate surface area is 81.3 Å². The Morgan fingerprint density at radius 1 is 1.38 bits per heavy atom. The lowest BCUT2D eigenvalue weighted by atomic mass is 10.1. The summed E-state index contributed by atoms with van der Waals surface area (Å²) in [7, 11) is 2.20. The van der Waals surface area contributed by atoms with Crippen molar-refractivity contribution in [1.82, 2.24) is 9.80 Å². The number of aliphatic hydroxyl groups excluding tert-OH is 1. The van der Waals surface area contributed by atoms with Gasteiger partial charge in [-0.3, -0.25) is 4.90 Å². The number of hydrogen-bond donors (Lipinski definition) is 1. The van der Waals surface area contributed by atoms with E-state index in [1.807, 2.05) is 0 Å². The van der Waals surface area contributed by atoms with Gasteiger partial charge < -0.3 is 10.0 Å². The molecule has 1 aliphatic rings. The van der Waals surface area contributed by atoms with Crippen LogP contribution in [0.3, 0.4) is 0 Å². The fourth-order valence-electron chi connectivity index (χ4n) is 2.15. The molecule has 1 fully saturated rings. The van der Waals surface area contributed by atoms with Crippen molar-refractivity contribution in [2.75, 3.05) is 33.3 Å². The normalized spacial score (nSPS) is 32.3. The first-order valence-electron chi connectivity index (χ1n) is 5.24. The number of nitrogens with zero attached hydrogens (tertiary/aromatic N) is 2. The largest absolute Gasteiger partial charge is 0.395 e. The van der Waals surface area contributed by atoms with Gasteiger partial charge in [0, 0.05) is 31.7 Å². The van der Waals surface area contributed by atoms with E-state index in [9.17, 15) is 0 Å². The molecule has 1 heterocycles. The maximum Gasteiger partial charge on any atom is 0.0558 e. The summed E-state index contributed by atoms with van der Waals surface area (Å²) >= 11 is 0. The molecule has 1 rings (SSSR count). The molecule has 0 saturated carbocycles. The molecule has 0 aliphatic carbocycles. The Morgan fingerprint density at radius 3 is 2.62 bits per heavy atom. The molecule has 1 saturated heterocycles. The van der Waals surface area contributed by atoms with Crippen LogP contribution in [0.15, 0.2) is 0 Å². The Hall–Kier alpha value is -0.120.